The van der Waals surface area contributed by atoms with E-state index in [4.69, 9.17) is 15.6 Å². The van der Waals surface area contributed by atoms with E-state index in [-0.39, 0.29) is 0 Å². The largest absolute Gasteiger partial charge is 0.480 e. The number of aliphatic carboxylic acids is 1. The first kappa shape index (κ1) is 15.4. The van der Waals surface area contributed by atoms with Crippen molar-refractivity contribution in [2.45, 2.75) is 32.4 Å². The molecular formula is C10H17NO6. The van der Waals surface area contributed by atoms with E-state index >= 15 is 0 Å². The van der Waals surface area contributed by atoms with Crippen molar-refractivity contribution in [1.29, 1.82) is 0 Å². The predicted octanol–water partition coefficient (Wildman–Crippen LogP) is -0.471. The molecule has 0 radical (unpaired) electrons. The van der Waals surface area contributed by atoms with Gasteiger partial charge in [0, 0.05) is 0 Å². The molecule has 0 aromatic carbocycles. The average molecular weight is 247 g/mol. The number of carboxylic acids is 1. The summed E-state index contributed by atoms with van der Waals surface area (Å²) < 4.78 is 9.25. The van der Waals surface area contributed by atoms with Gasteiger partial charge in [-0.1, -0.05) is 0 Å². The van der Waals surface area contributed by atoms with E-state index < -0.39 is 35.5 Å². The minimum Gasteiger partial charge on any atom is -0.480 e. The molecule has 7 heteroatoms. The van der Waals surface area contributed by atoms with Gasteiger partial charge in [-0.2, -0.15) is 0 Å². The third-order valence-electron chi connectivity index (χ3n) is 1.76. The van der Waals surface area contributed by atoms with Crippen LogP contribution in [0.15, 0.2) is 0 Å². The molecule has 0 aliphatic heterocycles. The fraction of sp³-hybridized carbons (Fsp3) is 0.700. The molecule has 0 aromatic heterocycles. The maximum atomic E-state index is 11.6. The summed E-state index contributed by atoms with van der Waals surface area (Å²) in [7, 11) is 1.04. The van der Waals surface area contributed by atoms with Gasteiger partial charge in [-0.05, 0) is 20.8 Å². The third-order valence-corrected chi connectivity index (χ3v) is 1.76. The van der Waals surface area contributed by atoms with Gasteiger partial charge in [0.05, 0.1) is 7.11 Å². The zero-order chi connectivity index (χ0) is 13.8. The van der Waals surface area contributed by atoms with Gasteiger partial charge in [0.15, 0.2) is 5.92 Å². The van der Waals surface area contributed by atoms with Crippen molar-refractivity contribution in [2.75, 3.05) is 7.11 Å². The van der Waals surface area contributed by atoms with E-state index in [0.717, 1.165) is 7.11 Å². The minimum absolute atomic E-state index is 0.846. The molecule has 0 fully saturated rings. The number of carboxylic acid groups (broad SMARTS) is 1. The first-order valence-corrected chi connectivity index (χ1v) is 4.89. The van der Waals surface area contributed by atoms with Crippen LogP contribution in [0.1, 0.15) is 20.8 Å². The van der Waals surface area contributed by atoms with Crippen LogP contribution in [0.2, 0.25) is 0 Å². The summed E-state index contributed by atoms with van der Waals surface area (Å²) in [4.78, 5) is 33.6. The molecule has 98 valence electrons. The van der Waals surface area contributed by atoms with Gasteiger partial charge in [0.25, 0.3) is 0 Å². The zero-order valence-electron chi connectivity index (χ0n) is 10.2. The van der Waals surface area contributed by atoms with E-state index in [1.54, 1.807) is 20.8 Å². The molecule has 3 N–H and O–H groups in total. The van der Waals surface area contributed by atoms with Crippen molar-refractivity contribution < 1.29 is 29.0 Å². The van der Waals surface area contributed by atoms with Crippen LogP contribution in [0.3, 0.4) is 0 Å². The van der Waals surface area contributed by atoms with E-state index in [1.807, 2.05) is 0 Å². The lowest BCUT2D eigenvalue weighted by Gasteiger charge is -2.24. The number of nitrogens with two attached hydrogens (primary N) is 1. The normalized spacial score (nSPS) is 14.6. The van der Waals surface area contributed by atoms with Crippen LogP contribution in [0.5, 0.6) is 0 Å². The second-order valence-electron chi connectivity index (χ2n) is 4.40. The first-order valence-electron chi connectivity index (χ1n) is 4.89. The van der Waals surface area contributed by atoms with Gasteiger partial charge >= 0.3 is 17.9 Å². The number of rotatable bonds is 4. The van der Waals surface area contributed by atoms with Gasteiger partial charge in [-0.25, -0.2) is 0 Å². The highest BCUT2D eigenvalue weighted by Gasteiger charge is 2.40. The average Bonchev–Trinajstić information content (AvgIpc) is 2.14. The van der Waals surface area contributed by atoms with Gasteiger partial charge in [-0.3, -0.25) is 14.4 Å². The highest BCUT2D eigenvalue weighted by atomic mass is 16.6. The topological polar surface area (TPSA) is 116 Å². The van der Waals surface area contributed by atoms with Crippen LogP contribution in [0, 0.1) is 5.92 Å². The third kappa shape index (κ3) is 4.81. The SMILES string of the molecule is COC(=O)C(C(=O)OC(C)(C)C)C(N)C(=O)O. The number of carbonyl (C=O) groups excluding carboxylic acids is 2. The molecule has 0 amide bonds. The van der Waals surface area contributed by atoms with Crippen molar-refractivity contribution in [2.24, 2.45) is 11.7 Å². The molecule has 0 bridgehead atoms. The van der Waals surface area contributed by atoms with Crippen LogP contribution < -0.4 is 5.73 Å². The molecule has 0 spiro atoms. The van der Waals surface area contributed by atoms with Gasteiger partial charge in [-0.15, -0.1) is 0 Å². The number of carbonyl (C=O) groups is 3. The summed E-state index contributed by atoms with van der Waals surface area (Å²) in [5.41, 5.74) is 4.41. The van der Waals surface area contributed by atoms with Crippen LogP contribution >= 0.6 is 0 Å². The molecule has 0 saturated carbocycles. The molecule has 7 nitrogen and oxygen atoms in total. The number of hydrogen-bond donors (Lipinski definition) is 2. The molecule has 0 saturated heterocycles. The summed E-state index contributed by atoms with van der Waals surface area (Å²) in [6.45, 7) is 4.77. The Morgan fingerprint density at radius 1 is 1.18 bits per heavy atom. The van der Waals surface area contributed by atoms with Crippen LogP contribution in [-0.4, -0.2) is 41.8 Å². The monoisotopic (exact) mass is 247 g/mol. The van der Waals surface area contributed by atoms with Crippen molar-refractivity contribution in [3.8, 4) is 0 Å². The maximum absolute atomic E-state index is 11.6. The van der Waals surface area contributed by atoms with E-state index in [1.165, 1.54) is 0 Å². The Morgan fingerprint density at radius 3 is 1.94 bits per heavy atom. The van der Waals surface area contributed by atoms with E-state index in [2.05, 4.69) is 4.74 Å². The maximum Gasteiger partial charge on any atom is 0.323 e. The van der Waals surface area contributed by atoms with Gasteiger partial charge in [0.2, 0.25) is 0 Å². The van der Waals surface area contributed by atoms with Crippen molar-refractivity contribution >= 4 is 17.9 Å². The molecule has 2 unspecified atom stereocenters. The second-order valence-corrected chi connectivity index (χ2v) is 4.40. The Kier molecular flexibility index (Phi) is 5.09. The molecule has 0 rings (SSSR count). The Labute approximate surface area is 98.9 Å². The fourth-order valence-corrected chi connectivity index (χ4v) is 1.02. The lowest BCUT2D eigenvalue weighted by atomic mass is 10.0. The van der Waals surface area contributed by atoms with Crippen LogP contribution in [0.4, 0.5) is 0 Å². The van der Waals surface area contributed by atoms with Crippen molar-refractivity contribution in [3.63, 3.8) is 0 Å². The van der Waals surface area contributed by atoms with E-state index in [0.29, 0.717) is 0 Å². The highest BCUT2D eigenvalue weighted by molar-refractivity contribution is 6.00. The van der Waals surface area contributed by atoms with Crippen molar-refractivity contribution in [1.82, 2.24) is 0 Å². The van der Waals surface area contributed by atoms with Crippen molar-refractivity contribution in [3.05, 3.63) is 0 Å². The first-order chi connectivity index (χ1) is 7.60. The second kappa shape index (κ2) is 5.62. The summed E-state index contributed by atoms with van der Waals surface area (Å²) in [6.07, 6.45) is 0. The Balaban J connectivity index is 5.00. The Morgan fingerprint density at radius 2 is 1.65 bits per heavy atom. The molecule has 17 heavy (non-hydrogen) atoms. The van der Waals surface area contributed by atoms with Gasteiger partial charge in [0.1, 0.15) is 11.6 Å². The minimum atomic E-state index is -1.70. The van der Waals surface area contributed by atoms with Crippen LogP contribution in [-0.2, 0) is 23.9 Å². The quantitative estimate of drug-likeness (QED) is 0.509. The number of methoxy groups -OCH3 is 1. The molecule has 0 heterocycles. The molecule has 2 atom stereocenters. The zero-order valence-corrected chi connectivity index (χ0v) is 10.2. The van der Waals surface area contributed by atoms with E-state index in [9.17, 15) is 14.4 Å². The smallest absolute Gasteiger partial charge is 0.323 e. The molecule has 0 aliphatic carbocycles. The molecule has 0 aliphatic rings. The highest BCUT2D eigenvalue weighted by Crippen LogP contribution is 2.14. The molecule has 0 aromatic rings. The lowest BCUT2D eigenvalue weighted by Crippen LogP contribution is -2.48. The van der Waals surface area contributed by atoms with Crippen LogP contribution in [0.25, 0.3) is 0 Å². The summed E-state index contributed by atoms with van der Waals surface area (Å²) in [5.74, 6) is -5.20. The summed E-state index contributed by atoms with van der Waals surface area (Å²) >= 11 is 0. The standard InChI is InChI=1S/C10H17NO6/c1-10(2,3)17-9(15)5(8(14)16-4)6(11)7(12)13/h5-6H,11H2,1-4H3,(H,12,13). The Bertz CT molecular complexity index is 319. The number of hydrogen-bond acceptors (Lipinski definition) is 6. The predicted molar refractivity (Wildman–Crippen MR) is 57.0 cm³/mol. The fourth-order valence-electron chi connectivity index (χ4n) is 1.02. The molecular weight excluding hydrogens is 230 g/mol. The Hall–Kier alpha value is -1.63. The van der Waals surface area contributed by atoms with Gasteiger partial charge < -0.3 is 20.3 Å². The number of esters is 2. The lowest BCUT2D eigenvalue weighted by molar-refractivity contribution is -0.172. The summed E-state index contributed by atoms with van der Waals surface area (Å²) in [5, 5.41) is 8.70. The summed E-state index contributed by atoms with van der Waals surface area (Å²) in [6, 6.07) is -1.70. The number of ether oxygens (including phenoxy) is 2.